The molecule has 1 aromatic carbocycles. The lowest BCUT2D eigenvalue weighted by Gasteiger charge is -2.09. The molecule has 0 fully saturated rings. The normalized spacial score (nSPS) is 10.9. The molecule has 3 nitrogen and oxygen atoms in total. The summed E-state index contributed by atoms with van der Waals surface area (Å²) in [5.74, 6) is 1.46. The lowest BCUT2D eigenvalue weighted by atomic mass is 10.0. The Balaban J connectivity index is 1.98. The fourth-order valence-corrected chi connectivity index (χ4v) is 1.86. The van der Waals surface area contributed by atoms with Crippen molar-refractivity contribution in [2.24, 2.45) is 0 Å². The number of rotatable bonds is 5. The topological polar surface area (TPSA) is 27.1 Å². The van der Waals surface area contributed by atoms with Crippen LogP contribution < -0.4 is 4.74 Å². The summed E-state index contributed by atoms with van der Waals surface area (Å²) in [5.41, 5.74) is 2.44. The Morgan fingerprint density at radius 3 is 2.56 bits per heavy atom. The molecule has 0 amide bonds. The number of benzene rings is 1. The van der Waals surface area contributed by atoms with E-state index >= 15 is 0 Å². The van der Waals surface area contributed by atoms with Crippen molar-refractivity contribution in [1.29, 1.82) is 0 Å². The van der Waals surface area contributed by atoms with Crippen LogP contribution in [0.4, 0.5) is 0 Å². The number of aromatic nitrogens is 2. The van der Waals surface area contributed by atoms with E-state index in [9.17, 15) is 0 Å². The fourth-order valence-electron chi connectivity index (χ4n) is 1.86. The average molecular weight is 244 g/mol. The number of hydrogen-bond donors (Lipinski definition) is 0. The maximum atomic E-state index is 5.77. The third-order valence-electron chi connectivity index (χ3n) is 3.07. The molecule has 0 aliphatic heterocycles. The molecule has 2 aromatic rings. The van der Waals surface area contributed by atoms with Crippen LogP contribution in [0.15, 0.2) is 36.8 Å². The van der Waals surface area contributed by atoms with Gasteiger partial charge in [0.1, 0.15) is 12.4 Å². The van der Waals surface area contributed by atoms with Crippen molar-refractivity contribution in [1.82, 2.24) is 9.55 Å². The molecule has 2 rings (SSSR count). The van der Waals surface area contributed by atoms with Gasteiger partial charge in [0.25, 0.3) is 0 Å². The Labute approximate surface area is 108 Å². The largest absolute Gasteiger partial charge is 0.487 e. The van der Waals surface area contributed by atoms with E-state index < -0.39 is 0 Å². The first-order valence-electron chi connectivity index (χ1n) is 6.42. The third kappa shape index (κ3) is 2.92. The van der Waals surface area contributed by atoms with Gasteiger partial charge in [-0.2, -0.15) is 0 Å². The van der Waals surface area contributed by atoms with E-state index in [-0.39, 0.29) is 0 Å². The summed E-state index contributed by atoms with van der Waals surface area (Å²) in [7, 11) is 0. The van der Waals surface area contributed by atoms with Crippen LogP contribution in [0, 0.1) is 0 Å². The summed E-state index contributed by atoms with van der Waals surface area (Å²) in [6, 6.07) is 8.30. The summed E-state index contributed by atoms with van der Waals surface area (Å²) in [6.45, 7) is 7.97. The van der Waals surface area contributed by atoms with Gasteiger partial charge >= 0.3 is 0 Å². The summed E-state index contributed by atoms with van der Waals surface area (Å²) >= 11 is 0. The van der Waals surface area contributed by atoms with Crippen LogP contribution >= 0.6 is 0 Å². The van der Waals surface area contributed by atoms with Crippen molar-refractivity contribution in [3.8, 4) is 5.75 Å². The molecule has 0 unspecified atom stereocenters. The van der Waals surface area contributed by atoms with Crippen LogP contribution in [0.2, 0.25) is 0 Å². The number of imidazole rings is 1. The summed E-state index contributed by atoms with van der Waals surface area (Å²) in [5, 5.41) is 0. The summed E-state index contributed by atoms with van der Waals surface area (Å²) < 4.78 is 7.85. The molecule has 0 atom stereocenters. The lowest BCUT2D eigenvalue weighted by Crippen LogP contribution is -2.03. The molecule has 1 aromatic heterocycles. The molecule has 1 heterocycles. The molecule has 3 heteroatoms. The number of hydrogen-bond acceptors (Lipinski definition) is 2. The Hall–Kier alpha value is -1.77. The van der Waals surface area contributed by atoms with Gasteiger partial charge in [0.15, 0.2) is 0 Å². The standard InChI is InChI=1S/C15H20N2O/c1-4-17-11-16-9-14(17)10-18-15-7-5-13(6-8-15)12(2)3/h5-9,11-12H,4,10H2,1-3H3. The van der Waals surface area contributed by atoms with Crippen molar-refractivity contribution in [3.05, 3.63) is 48.0 Å². The summed E-state index contributed by atoms with van der Waals surface area (Å²) in [6.07, 6.45) is 3.69. The van der Waals surface area contributed by atoms with Gasteiger partial charge in [0.2, 0.25) is 0 Å². The molecule has 0 radical (unpaired) electrons. The minimum Gasteiger partial charge on any atom is -0.487 e. The van der Waals surface area contributed by atoms with Gasteiger partial charge in [-0.25, -0.2) is 4.98 Å². The zero-order chi connectivity index (χ0) is 13.0. The van der Waals surface area contributed by atoms with E-state index in [0.717, 1.165) is 18.0 Å². The van der Waals surface area contributed by atoms with Crippen molar-refractivity contribution in [3.63, 3.8) is 0 Å². The number of ether oxygens (including phenoxy) is 1. The zero-order valence-electron chi connectivity index (χ0n) is 11.3. The predicted molar refractivity (Wildman–Crippen MR) is 72.8 cm³/mol. The molecule has 0 spiro atoms. The lowest BCUT2D eigenvalue weighted by molar-refractivity contribution is 0.295. The van der Waals surface area contributed by atoms with Gasteiger partial charge < -0.3 is 9.30 Å². The van der Waals surface area contributed by atoms with Gasteiger partial charge in [0.05, 0.1) is 18.2 Å². The highest BCUT2D eigenvalue weighted by molar-refractivity contribution is 5.29. The zero-order valence-corrected chi connectivity index (χ0v) is 11.3. The highest BCUT2D eigenvalue weighted by Gasteiger charge is 2.03. The van der Waals surface area contributed by atoms with Gasteiger partial charge in [-0.15, -0.1) is 0 Å². The van der Waals surface area contributed by atoms with E-state index in [0.29, 0.717) is 12.5 Å². The molecule has 0 saturated carbocycles. The second-order valence-corrected chi connectivity index (χ2v) is 4.68. The average Bonchev–Trinajstić information content (AvgIpc) is 2.84. The number of aryl methyl sites for hydroxylation is 1. The first kappa shape index (κ1) is 12.7. The number of nitrogens with zero attached hydrogens (tertiary/aromatic N) is 2. The van der Waals surface area contributed by atoms with Gasteiger partial charge in [0, 0.05) is 6.54 Å². The molecule has 0 N–H and O–H groups in total. The van der Waals surface area contributed by atoms with Crippen molar-refractivity contribution >= 4 is 0 Å². The first-order valence-corrected chi connectivity index (χ1v) is 6.42. The van der Waals surface area contributed by atoms with Crippen molar-refractivity contribution < 1.29 is 4.74 Å². The molecule has 0 saturated heterocycles. The van der Waals surface area contributed by atoms with E-state index in [1.54, 1.807) is 0 Å². The SMILES string of the molecule is CCn1cncc1COc1ccc(C(C)C)cc1. The molecule has 0 aliphatic carbocycles. The molecular formula is C15H20N2O. The highest BCUT2D eigenvalue weighted by atomic mass is 16.5. The minimum atomic E-state index is 0.556. The summed E-state index contributed by atoms with van der Waals surface area (Å²) in [4.78, 5) is 4.13. The van der Waals surface area contributed by atoms with Gasteiger partial charge in [-0.1, -0.05) is 26.0 Å². The Kier molecular flexibility index (Phi) is 4.03. The second-order valence-electron chi connectivity index (χ2n) is 4.68. The van der Waals surface area contributed by atoms with Crippen molar-refractivity contribution in [2.75, 3.05) is 0 Å². The molecule has 18 heavy (non-hydrogen) atoms. The maximum Gasteiger partial charge on any atom is 0.130 e. The Bertz CT molecular complexity index is 485. The minimum absolute atomic E-state index is 0.556. The highest BCUT2D eigenvalue weighted by Crippen LogP contribution is 2.19. The van der Waals surface area contributed by atoms with Crippen LogP contribution in [0.1, 0.15) is 37.9 Å². The van der Waals surface area contributed by atoms with Crippen LogP contribution in [-0.2, 0) is 13.2 Å². The smallest absolute Gasteiger partial charge is 0.130 e. The van der Waals surface area contributed by atoms with Crippen LogP contribution in [-0.4, -0.2) is 9.55 Å². The van der Waals surface area contributed by atoms with E-state index in [1.807, 2.05) is 24.7 Å². The first-order chi connectivity index (χ1) is 8.70. The van der Waals surface area contributed by atoms with Crippen molar-refractivity contribution in [2.45, 2.75) is 39.8 Å². The van der Waals surface area contributed by atoms with E-state index in [1.165, 1.54) is 5.56 Å². The van der Waals surface area contributed by atoms with E-state index in [2.05, 4.69) is 42.5 Å². The second kappa shape index (κ2) is 5.71. The third-order valence-corrected chi connectivity index (χ3v) is 3.07. The Morgan fingerprint density at radius 2 is 1.94 bits per heavy atom. The maximum absolute atomic E-state index is 5.77. The van der Waals surface area contributed by atoms with Gasteiger partial charge in [-0.05, 0) is 30.5 Å². The Morgan fingerprint density at radius 1 is 1.22 bits per heavy atom. The molecule has 96 valence electrons. The van der Waals surface area contributed by atoms with E-state index in [4.69, 9.17) is 4.74 Å². The predicted octanol–water partition coefficient (Wildman–Crippen LogP) is 3.61. The van der Waals surface area contributed by atoms with Crippen LogP contribution in [0.5, 0.6) is 5.75 Å². The molecule has 0 bridgehead atoms. The molecular weight excluding hydrogens is 224 g/mol. The van der Waals surface area contributed by atoms with Gasteiger partial charge in [-0.3, -0.25) is 0 Å². The van der Waals surface area contributed by atoms with Crippen LogP contribution in [0.3, 0.4) is 0 Å². The molecule has 0 aliphatic rings. The van der Waals surface area contributed by atoms with Crippen LogP contribution in [0.25, 0.3) is 0 Å². The monoisotopic (exact) mass is 244 g/mol. The fraction of sp³-hybridized carbons (Fsp3) is 0.400. The quantitative estimate of drug-likeness (QED) is 0.803.